The molecule has 1 amide bonds. The highest BCUT2D eigenvalue weighted by molar-refractivity contribution is 6.33. The molecule has 1 aromatic heterocycles. The minimum absolute atomic E-state index is 0.138. The third-order valence-electron chi connectivity index (χ3n) is 4.33. The molecule has 2 aromatic carbocycles. The smallest absolute Gasteiger partial charge is 0.249 e. The van der Waals surface area contributed by atoms with Gasteiger partial charge in [0.15, 0.2) is 0 Å². The van der Waals surface area contributed by atoms with Crippen LogP contribution in [0.3, 0.4) is 0 Å². The van der Waals surface area contributed by atoms with E-state index >= 15 is 0 Å². The molecule has 156 valence electrons. The molecule has 0 saturated heterocycles. The number of carbonyl (C=O) groups is 1. The van der Waals surface area contributed by atoms with E-state index in [4.69, 9.17) is 20.8 Å². The van der Waals surface area contributed by atoms with Crippen molar-refractivity contribution in [3.8, 4) is 17.2 Å². The molecule has 0 saturated carbocycles. The fourth-order valence-corrected chi connectivity index (χ4v) is 3.15. The molecular weight excluding hydrogens is 402 g/mol. The van der Waals surface area contributed by atoms with Crippen LogP contribution in [-0.2, 0) is 11.3 Å². The van der Waals surface area contributed by atoms with Gasteiger partial charge in [0.05, 0.1) is 23.7 Å². The lowest BCUT2D eigenvalue weighted by molar-refractivity contribution is -0.126. The average Bonchev–Trinajstić information content (AvgIpc) is 3.21. The van der Waals surface area contributed by atoms with Gasteiger partial charge in [0, 0.05) is 18.2 Å². The molecular formula is C23H24ClN3O3. The fourth-order valence-electron chi connectivity index (χ4n) is 2.93. The number of amides is 1. The van der Waals surface area contributed by atoms with Gasteiger partial charge >= 0.3 is 0 Å². The second kappa shape index (κ2) is 10.6. The molecule has 0 atom stereocenters. The van der Waals surface area contributed by atoms with Crippen LogP contribution in [0, 0.1) is 0 Å². The maximum Gasteiger partial charge on any atom is 0.249 e. The molecule has 0 aliphatic carbocycles. The lowest BCUT2D eigenvalue weighted by atomic mass is 10.2. The van der Waals surface area contributed by atoms with Gasteiger partial charge in [-0.25, -0.2) is 0 Å². The minimum Gasteiger partial charge on any atom is -0.493 e. The van der Waals surface area contributed by atoms with Crippen LogP contribution in [0.1, 0.15) is 31.7 Å². The Morgan fingerprint density at radius 3 is 2.67 bits per heavy atom. The number of halogens is 1. The van der Waals surface area contributed by atoms with E-state index in [-0.39, 0.29) is 12.5 Å². The summed E-state index contributed by atoms with van der Waals surface area (Å²) in [6.07, 6.45) is 4.11. The van der Waals surface area contributed by atoms with Crippen LogP contribution in [0.15, 0.2) is 59.0 Å². The Morgan fingerprint density at radius 1 is 1.13 bits per heavy atom. The Balaban J connectivity index is 1.73. The number of benzene rings is 2. The van der Waals surface area contributed by atoms with Gasteiger partial charge in [0.1, 0.15) is 5.75 Å². The first kappa shape index (κ1) is 21.6. The third-order valence-corrected chi connectivity index (χ3v) is 4.66. The molecule has 3 aromatic rings. The zero-order chi connectivity index (χ0) is 21.3. The largest absolute Gasteiger partial charge is 0.493 e. The first-order chi connectivity index (χ1) is 14.6. The molecule has 0 aliphatic heterocycles. The number of aromatic nitrogens is 2. The SMILES string of the molecule is CCCN(Cc1nnc(-c2ccccc2Cl)o1)C(=O)/C=C/c1ccccc1OCC. The molecule has 0 unspecified atom stereocenters. The van der Waals surface area contributed by atoms with Gasteiger partial charge < -0.3 is 14.1 Å². The van der Waals surface area contributed by atoms with Crippen molar-refractivity contribution in [2.75, 3.05) is 13.2 Å². The zero-order valence-electron chi connectivity index (χ0n) is 17.0. The number of hydrogen-bond acceptors (Lipinski definition) is 5. The molecule has 3 rings (SSSR count). The number of nitrogens with zero attached hydrogens (tertiary/aromatic N) is 3. The molecule has 0 radical (unpaired) electrons. The highest BCUT2D eigenvalue weighted by Gasteiger charge is 2.17. The quantitative estimate of drug-likeness (QED) is 0.438. The molecule has 0 fully saturated rings. The maximum absolute atomic E-state index is 12.8. The van der Waals surface area contributed by atoms with Crippen molar-refractivity contribution >= 4 is 23.6 Å². The van der Waals surface area contributed by atoms with Gasteiger partial charge in [-0.15, -0.1) is 10.2 Å². The maximum atomic E-state index is 12.8. The van der Waals surface area contributed by atoms with Crippen molar-refractivity contribution in [3.63, 3.8) is 0 Å². The van der Waals surface area contributed by atoms with Gasteiger partial charge in [-0.3, -0.25) is 4.79 Å². The van der Waals surface area contributed by atoms with Gasteiger partial charge in [-0.1, -0.05) is 48.9 Å². The summed E-state index contributed by atoms with van der Waals surface area (Å²) in [6.45, 7) is 5.29. The van der Waals surface area contributed by atoms with E-state index in [0.717, 1.165) is 17.7 Å². The summed E-state index contributed by atoms with van der Waals surface area (Å²) >= 11 is 6.20. The predicted octanol–water partition coefficient (Wildman–Crippen LogP) is 5.24. The van der Waals surface area contributed by atoms with E-state index < -0.39 is 0 Å². The molecule has 7 heteroatoms. The zero-order valence-corrected chi connectivity index (χ0v) is 17.8. The van der Waals surface area contributed by atoms with Crippen LogP contribution in [-0.4, -0.2) is 34.2 Å². The Morgan fingerprint density at radius 2 is 1.90 bits per heavy atom. The van der Waals surface area contributed by atoms with Gasteiger partial charge in [0.2, 0.25) is 17.7 Å². The summed E-state index contributed by atoms with van der Waals surface area (Å²) in [5, 5.41) is 8.69. The van der Waals surface area contributed by atoms with Crippen molar-refractivity contribution in [2.24, 2.45) is 0 Å². The Hall–Kier alpha value is -3.12. The molecule has 30 heavy (non-hydrogen) atoms. The summed E-state index contributed by atoms with van der Waals surface area (Å²) in [6, 6.07) is 14.9. The van der Waals surface area contributed by atoms with Crippen molar-refractivity contribution in [1.82, 2.24) is 15.1 Å². The normalized spacial score (nSPS) is 11.0. The number of ether oxygens (including phenoxy) is 1. The van der Waals surface area contributed by atoms with E-state index in [1.165, 1.54) is 0 Å². The van der Waals surface area contributed by atoms with Crippen LogP contribution < -0.4 is 4.74 Å². The van der Waals surface area contributed by atoms with Crippen molar-refractivity contribution in [3.05, 3.63) is 71.1 Å². The molecule has 1 heterocycles. The Kier molecular flexibility index (Phi) is 7.63. The number of hydrogen-bond donors (Lipinski definition) is 0. The second-order valence-corrected chi connectivity index (χ2v) is 6.95. The number of carbonyl (C=O) groups excluding carboxylic acids is 1. The summed E-state index contributed by atoms with van der Waals surface area (Å²) in [4.78, 5) is 14.5. The van der Waals surface area contributed by atoms with E-state index in [0.29, 0.717) is 35.5 Å². The highest BCUT2D eigenvalue weighted by Crippen LogP contribution is 2.26. The van der Waals surface area contributed by atoms with Crippen LogP contribution in [0.25, 0.3) is 17.5 Å². The fraction of sp³-hybridized carbons (Fsp3) is 0.261. The topological polar surface area (TPSA) is 68.5 Å². The van der Waals surface area contributed by atoms with E-state index in [2.05, 4.69) is 10.2 Å². The molecule has 6 nitrogen and oxygen atoms in total. The lowest BCUT2D eigenvalue weighted by Crippen LogP contribution is -2.29. The molecule has 0 aliphatic rings. The monoisotopic (exact) mass is 425 g/mol. The Bertz CT molecular complexity index is 1020. The minimum atomic E-state index is -0.138. The van der Waals surface area contributed by atoms with E-state index in [1.54, 1.807) is 23.1 Å². The molecule has 0 bridgehead atoms. The highest BCUT2D eigenvalue weighted by atomic mass is 35.5. The van der Waals surface area contributed by atoms with Crippen molar-refractivity contribution in [1.29, 1.82) is 0 Å². The third kappa shape index (κ3) is 5.48. The number of rotatable bonds is 9. The van der Waals surface area contributed by atoms with Gasteiger partial charge in [-0.05, 0) is 37.6 Å². The molecule has 0 spiro atoms. The van der Waals surface area contributed by atoms with Crippen LogP contribution in [0.5, 0.6) is 5.75 Å². The summed E-state index contributed by atoms with van der Waals surface area (Å²) in [7, 11) is 0. The predicted molar refractivity (Wildman–Crippen MR) is 117 cm³/mol. The van der Waals surface area contributed by atoms with Gasteiger partial charge in [0.25, 0.3) is 0 Å². The van der Waals surface area contributed by atoms with Gasteiger partial charge in [-0.2, -0.15) is 0 Å². The van der Waals surface area contributed by atoms with Crippen molar-refractivity contribution in [2.45, 2.75) is 26.8 Å². The standard InChI is InChI=1S/C23H24ClN3O3/c1-3-15-27(22(28)14-13-17-9-5-8-12-20(17)29-4-2)16-21-25-26-23(30-21)18-10-6-7-11-19(18)24/h5-14H,3-4,15-16H2,1-2H3/b14-13+. The number of para-hydroxylation sites is 1. The lowest BCUT2D eigenvalue weighted by Gasteiger charge is -2.18. The average molecular weight is 426 g/mol. The first-order valence-corrected chi connectivity index (χ1v) is 10.3. The second-order valence-electron chi connectivity index (χ2n) is 6.54. The Labute approximate surface area is 181 Å². The summed E-state index contributed by atoms with van der Waals surface area (Å²) in [5.41, 5.74) is 1.52. The summed E-state index contributed by atoms with van der Waals surface area (Å²) < 4.78 is 11.4. The first-order valence-electron chi connectivity index (χ1n) is 9.88. The summed E-state index contributed by atoms with van der Waals surface area (Å²) in [5.74, 6) is 1.29. The van der Waals surface area contributed by atoms with E-state index in [1.807, 2.05) is 56.3 Å². The van der Waals surface area contributed by atoms with Crippen LogP contribution >= 0.6 is 11.6 Å². The van der Waals surface area contributed by atoms with Crippen LogP contribution in [0.4, 0.5) is 0 Å². The van der Waals surface area contributed by atoms with Crippen LogP contribution in [0.2, 0.25) is 5.02 Å². The van der Waals surface area contributed by atoms with E-state index in [9.17, 15) is 4.79 Å². The molecule has 0 N–H and O–H groups in total. The van der Waals surface area contributed by atoms with Crippen molar-refractivity contribution < 1.29 is 13.9 Å².